The lowest BCUT2D eigenvalue weighted by Gasteiger charge is -2.11. The van der Waals surface area contributed by atoms with E-state index >= 15 is 0 Å². The maximum atomic E-state index is 11.2. The normalized spacial score (nSPS) is 11.7. The number of nitrogens with zero attached hydrogens (tertiary/aromatic N) is 1. The van der Waals surface area contributed by atoms with Crippen LogP contribution in [-0.4, -0.2) is 30.1 Å². The molecule has 0 radical (unpaired) electrons. The van der Waals surface area contributed by atoms with Gasteiger partial charge >= 0.3 is 5.97 Å². The van der Waals surface area contributed by atoms with E-state index in [9.17, 15) is 14.9 Å². The minimum absolute atomic E-state index is 0.0489. The summed E-state index contributed by atoms with van der Waals surface area (Å²) < 4.78 is 10.1. The zero-order valence-corrected chi connectivity index (χ0v) is 10.6. The van der Waals surface area contributed by atoms with E-state index < -0.39 is 16.9 Å². The molecule has 0 heterocycles. The zero-order chi connectivity index (χ0) is 14.3. The second kappa shape index (κ2) is 7.32. The van der Waals surface area contributed by atoms with Crippen LogP contribution >= 0.6 is 0 Å². The predicted molar refractivity (Wildman–Crippen MR) is 67.8 cm³/mol. The predicted octanol–water partition coefficient (Wildman–Crippen LogP) is 1.25. The summed E-state index contributed by atoms with van der Waals surface area (Å²) in [5.41, 5.74) is 5.53. The highest BCUT2D eigenvalue weighted by Gasteiger charge is 2.14. The highest BCUT2D eigenvalue weighted by Crippen LogP contribution is 2.19. The molecule has 1 atom stereocenters. The molecule has 7 heteroatoms. The molecule has 0 saturated heterocycles. The number of esters is 1. The van der Waals surface area contributed by atoms with Crippen molar-refractivity contribution in [1.82, 2.24) is 0 Å². The van der Waals surface area contributed by atoms with E-state index in [-0.39, 0.29) is 25.3 Å². The first-order valence-corrected chi connectivity index (χ1v) is 5.84. The standard InChI is InChI=1S/C12H16N2O5/c1-2-18-12(15)11(13)6-7-19-10-5-3-4-9(8-10)14(16)17/h3-5,8,11H,2,6-7,13H2,1H3. The number of nitro benzene ring substituents is 1. The van der Waals surface area contributed by atoms with Crippen LogP contribution in [0.25, 0.3) is 0 Å². The van der Waals surface area contributed by atoms with E-state index in [1.807, 2.05) is 0 Å². The van der Waals surface area contributed by atoms with E-state index in [1.165, 1.54) is 18.2 Å². The topological polar surface area (TPSA) is 105 Å². The number of rotatable bonds is 7. The maximum Gasteiger partial charge on any atom is 0.323 e. The molecule has 104 valence electrons. The van der Waals surface area contributed by atoms with E-state index in [2.05, 4.69) is 0 Å². The van der Waals surface area contributed by atoms with Crippen LogP contribution in [0.2, 0.25) is 0 Å². The van der Waals surface area contributed by atoms with E-state index in [1.54, 1.807) is 13.0 Å². The first-order chi connectivity index (χ1) is 9.04. The van der Waals surface area contributed by atoms with Gasteiger partial charge in [-0.25, -0.2) is 0 Å². The quantitative estimate of drug-likeness (QED) is 0.453. The Kier molecular flexibility index (Phi) is 5.74. The third kappa shape index (κ3) is 4.92. The van der Waals surface area contributed by atoms with Gasteiger partial charge in [-0.05, 0) is 13.0 Å². The number of hydrogen-bond acceptors (Lipinski definition) is 6. The lowest BCUT2D eigenvalue weighted by Crippen LogP contribution is -2.33. The van der Waals surface area contributed by atoms with Crippen molar-refractivity contribution in [2.75, 3.05) is 13.2 Å². The monoisotopic (exact) mass is 268 g/mol. The lowest BCUT2D eigenvalue weighted by atomic mass is 10.2. The molecule has 0 aromatic heterocycles. The fourth-order valence-corrected chi connectivity index (χ4v) is 1.36. The van der Waals surface area contributed by atoms with Gasteiger partial charge in [-0.3, -0.25) is 14.9 Å². The molecule has 19 heavy (non-hydrogen) atoms. The van der Waals surface area contributed by atoms with Crippen LogP contribution in [0.1, 0.15) is 13.3 Å². The fourth-order valence-electron chi connectivity index (χ4n) is 1.36. The molecular formula is C12H16N2O5. The van der Waals surface area contributed by atoms with Gasteiger partial charge in [0.2, 0.25) is 0 Å². The molecule has 0 aliphatic rings. The Hall–Kier alpha value is -2.15. The van der Waals surface area contributed by atoms with E-state index in [0.717, 1.165) is 0 Å². The molecule has 0 aliphatic heterocycles. The van der Waals surface area contributed by atoms with Crippen LogP contribution in [0.4, 0.5) is 5.69 Å². The number of nitrogens with two attached hydrogens (primary N) is 1. The molecule has 1 unspecified atom stereocenters. The molecule has 0 saturated carbocycles. The minimum Gasteiger partial charge on any atom is -0.493 e. The van der Waals surface area contributed by atoms with E-state index in [4.69, 9.17) is 15.2 Å². The Morgan fingerprint density at radius 1 is 1.53 bits per heavy atom. The van der Waals surface area contributed by atoms with Crippen molar-refractivity contribution in [3.05, 3.63) is 34.4 Å². The summed E-state index contributed by atoms with van der Waals surface area (Å²) >= 11 is 0. The van der Waals surface area contributed by atoms with Gasteiger partial charge in [-0.15, -0.1) is 0 Å². The minimum atomic E-state index is -0.751. The van der Waals surface area contributed by atoms with Crippen molar-refractivity contribution < 1.29 is 19.2 Å². The van der Waals surface area contributed by atoms with Gasteiger partial charge < -0.3 is 15.2 Å². The van der Waals surface area contributed by atoms with Crippen molar-refractivity contribution in [3.63, 3.8) is 0 Å². The first-order valence-electron chi connectivity index (χ1n) is 5.84. The number of benzene rings is 1. The highest BCUT2D eigenvalue weighted by atomic mass is 16.6. The van der Waals surface area contributed by atoms with Crippen LogP contribution in [0.3, 0.4) is 0 Å². The molecular weight excluding hydrogens is 252 g/mol. The average molecular weight is 268 g/mol. The number of nitro groups is 1. The summed E-state index contributed by atoms with van der Waals surface area (Å²) in [6.45, 7) is 2.16. The molecule has 7 nitrogen and oxygen atoms in total. The Morgan fingerprint density at radius 2 is 2.26 bits per heavy atom. The van der Waals surface area contributed by atoms with Gasteiger partial charge in [0.1, 0.15) is 11.8 Å². The number of carbonyl (C=O) groups is 1. The Morgan fingerprint density at radius 3 is 2.89 bits per heavy atom. The van der Waals surface area contributed by atoms with Crippen LogP contribution in [0, 0.1) is 10.1 Å². The van der Waals surface area contributed by atoms with Crippen molar-refractivity contribution in [3.8, 4) is 5.75 Å². The Labute approximate surface area is 110 Å². The maximum absolute atomic E-state index is 11.2. The summed E-state index contributed by atoms with van der Waals surface area (Å²) in [6.07, 6.45) is 0.279. The van der Waals surface area contributed by atoms with Crippen molar-refractivity contribution in [2.24, 2.45) is 5.73 Å². The molecule has 0 aliphatic carbocycles. The zero-order valence-electron chi connectivity index (χ0n) is 10.6. The van der Waals surface area contributed by atoms with Gasteiger partial charge in [0.05, 0.1) is 24.2 Å². The SMILES string of the molecule is CCOC(=O)C(N)CCOc1cccc([N+](=O)[O-])c1. The summed E-state index contributed by atoms with van der Waals surface area (Å²) in [7, 11) is 0. The summed E-state index contributed by atoms with van der Waals surface area (Å²) in [6, 6.07) is 5.06. The molecule has 1 aromatic rings. The summed E-state index contributed by atoms with van der Waals surface area (Å²) in [5, 5.41) is 10.6. The Bertz CT molecular complexity index is 450. The molecule has 0 spiro atoms. The summed E-state index contributed by atoms with van der Waals surface area (Å²) in [4.78, 5) is 21.3. The first kappa shape index (κ1) is 14.9. The molecule has 2 N–H and O–H groups in total. The van der Waals surface area contributed by atoms with Gasteiger partial charge in [0.25, 0.3) is 5.69 Å². The van der Waals surface area contributed by atoms with E-state index in [0.29, 0.717) is 5.75 Å². The summed E-state index contributed by atoms with van der Waals surface area (Å²) in [5.74, 6) is -0.115. The number of hydrogen-bond donors (Lipinski definition) is 1. The lowest BCUT2D eigenvalue weighted by molar-refractivity contribution is -0.384. The van der Waals surface area contributed by atoms with Gasteiger partial charge in [0, 0.05) is 12.5 Å². The van der Waals surface area contributed by atoms with Crippen LogP contribution in [0.15, 0.2) is 24.3 Å². The third-order valence-corrected chi connectivity index (χ3v) is 2.32. The van der Waals surface area contributed by atoms with Gasteiger partial charge in [0.15, 0.2) is 0 Å². The number of carbonyl (C=O) groups excluding carboxylic acids is 1. The Balaban J connectivity index is 2.43. The number of non-ortho nitro benzene ring substituents is 1. The van der Waals surface area contributed by atoms with Gasteiger partial charge in [-0.2, -0.15) is 0 Å². The molecule has 1 aromatic carbocycles. The third-order valence-electron chi connectivity index (χ3n) is 2.32. The van der Waals surface area contributed by atoms with Crippen molar-refractivity contribution in [1.29, 1.82) is 0 Å². The van der Waals surface area contributed by atoms with Crippen molar-refractivity contribution in [2.45, 2.75) is 19.4 Å². The number of ether oxygens (including phenoxy) is 2. The highest BCUT2D eigenvalue weighted by molar-refractivity contribution is 5.75. The average Bonchev–Trinajstić information content (AvgIpc) is 2.39. The molecule has 1 rings (SSSR count). The second-order valence-electron chi connectivity index (χ2n) is 3.75. The second-order valence-corrected chi connectivity index (χ2v) is 3.75. The fraction of sp³-hybridized carbons (Fsp3) is 0.417. The molecule has 0 bridgehead atoms. The van der Waals surface area contributed by atoms with Gasteiger partial charge in [-0.1, -0.05) is 6.07 Å². The molecule has 0 amide bonds. The van der Waals surface area contributed by atoms with Crippen LogP contribution in [0.5, 0.6) is 5.75 Å². The largest absolute Gasteiger partial charge is 0.493 e. The van der Waals surface area contributed by atoms with Crippen LogP contribution in [-0.2, 0) is 9.53 Å². The smallest absolute Gasteiger partial charge is 0.323 e. The molecule has 0 fully saturated rings. The van der Waals surface area contributed by atoms with Crippen molar-refractivity contribution >= 4 is 11.7 Å². The van der Waals surface area contributed by atoms with Crippen LogP contribution < -0.4 is 10.5 Å².